The van der Waals surface area contributed by atoms with Crippen molar-refractivity contribution in [3.63, 3.8) is 0 Å². The van der Waals surface area contributed by atoms with E-state index in [1.54, 1.807) is 0 Å². The van der Waals surface area contributed by atoms with Gasteiger partial charge in [-0.25, -0.2) is 0 Å². The van der Waals surface area contributed by atoms with Crippen molar-refractivity contribution in [1.29, 1.82) is 0 Å². The molecule has 0 amide bonds. The highest BCUT2D eigenvalue weighted by Gasteiger charge is 2.25. The average molecular weight is 142 g/mol. The van der Waals surface area contributed by atoms with E-state index in [0.717, 1.165) is 0 Å². The van der Waals surface area contributed by atoms with Crippen molar-refractivity contribution in [3.8, 4) is 0 Å². The molecule has 56 valence electrons. The van der Waals surface area contributed by atoms with Crippen molar-refractivity contribution < 1.29 is 5.11 Å². The molecule has 0 unspecified atom stereocenters. The van der Waals surface area contributed by atoms with Gasteiger partial charge in [0, 0.05) is 0 Å². The quantitative estimate of drug-likeness (QED) is 0.258. The van der Waals surface area contributed by atoms with Crippen molar-refractivity contribution in [2.24, 2.45) is 22.9 Å². The lowest BCUT2D eigenvalue weighted by Gasteiger charge is -2.03. The third-order valence-electron chi connectivity index (χ3n) is 1.50. The maximum absolute atomic E-state index is 9.08. The van der Waals surface area contributed by atoms with E-state index in [1.807, 2.05) is 0 Å². The zero-order valence-electron chi connectivity index (χ0n) is 5.33. The van der Waals surface area contributed by atoms with Gasteiger partial charge in [0.25, 0.3) is 0 Å². The molecule has 1 aliphatic carbocycles. The van der Waals surface area contributed by atoms with E-state index in [0.29, 0.717) is 0 Å². The third kappa shape index (κ3) is 0.608. The topological polar surface area (TPSA) is 124 Å². The first-order valence-corrected chi connectivity index (χ1v) is 2.74. The predicted molar refractivity (Wildman–Crippen MR) is 36.8 cm³/mol. The SMILES string of the molecule is NC1=C(N)C(O)C(N)=C1N. The summed E-state index contributed by atoms with van der Waals surface area (Å²) in [7, 11) is 0. The summed E-state index contributed by atoms with van der Waals surface area (Å²) in [4.78, 5) is 0. The second-order valence-electron chi connectivity index (χ2n) is 2.14. The molecule has 5 heteroatoms. The standard InChI is InChI=1S/C5H10N4O/c6-1-2(7)4(9)5(10)3(1)8/h5,10H,6-9H2. The molecule has 1 aliphatic rings. The third-order valence-corrected chi connectivity index (χ3v) is 1.50. The molecule has 0 fully saturated rings. The van der Waals surface area contributed by atoms with Crippen LogP contribution in [0.3, 0.4) is 0 Å². The summed E-state index contributed by atoms with van der Waals surface area (Å²) in [6.45, 7) is 0. The minimum absolute atomic E-state index is 0.134. The molecule has 0 aromatic heterocycles. The Balaban J connectivity index is 3.09. The summed E-state index contributed by atoms with van der Waals surface area (Å²) in [6.07, 6.45) is -1.00. The Morgan fingerprint density at radius 1 is 0.900 bits per heavy atom. The Bertz CT molecular complexity index is 206. The molecule has 0 bridgehead atoms. The molecule has 0 radical (unpaired) electrons. The molecule has 0 aromatic carbocycles. The fourth-order valence-corrected chi connectivity index (χ4v) is 0.773. The first-order valence-electron chi connectivity index (χ1n) is 2.74. The molecule has 5 nitrogen and oxygen atoms in total. The molecular weight excluding hydrogens is 132 g/mol. The van der Waals surface area contributed by atoms with Gasteiger partial charge in [-0.15, -0.1) is 0 Å². The average Bonchev–Trinajstić information content (AvgIpc) is 2.07. The lowest BCUT2D eigenvalue weighted by atomic mass is 10.3. The molecule has 0 aliphatic heterocycles. The minimum Gasteiger partial charge on any atom is -0.398 e. The van der Waals surface area contributed by atoms with E-state index in [9.17, 15) is 0 Å². The van der Waals surface area contributed by atoms with Crippen LogP contribution >= 0.6 is 0 Å². The Morgan fingerprint density at radius 2 is 1.20 bits per heavy atom. The van der Waals surface area contributed by atoms with Gasteiger partial charge in [-0.3, -0.25) is 0 Å². The summed E-state index contributed by atoms with van der Waals surface area (Å²) in [6, 6.07) is 0. The van der Waals surface area contributed by atoms with Crippen LogP contribution in [0, 0.1) is 0 Å². The van der Waals surface area contributed by atoms with Crippen LogP contribution in [0.2, 0.25) is 0 Å². The molecule has 0 heterocycles. The van der Waals surface area contributed by atoms with Gasteiger partial charge in [-0.2, -0.15) is 0 Å². The van der Waals surface area contributed by atoms with Gasteiger partial charge in [-0.1, -0.05) is 0 Å². The van der Waals surface area contributed by atoms with Crippen LogP contribution in [0.5, 0.6) is 0 Å². The Hall–Kier alpha value is -1.36. The van der Waals surface area contributed by atoms with Gasteiger partial charge in [0.05, 0.1) is 22.8 Å². The lowest BCUT2D eigenvalue weighted by molar-refractivity contribution is 0.246. The Labute approximate surface area is 58.0 Å². The van der Waals surface area contributed by atoms with Crippen molar-refractivity contribution in [3.05, 3.63) is 22.8 Å². The molecule has 0 saturated heterocycles. The summed E-state index contributed by atoms with van der Waals surface area (Å²) >= 11 is 0. The summed E-state index contributed by atoms with van der Waals surface area (Å²) < 4.78 is 0. The first-order chi connectivity index (χ1) is 4.55. The second kappa shape index (κ2) is 1.81. The highest BCUT2D eigenvalue weighted by molar-refractivity contribution is 5.45. The van der Waals surface area contributed by atoms with Gasteiger partial charge >= 0.3 is 0 Å². The monoisotopic (exact) mass is 142 g/mol. The van der Waals surface area contributed by atoms with Crippen LogP contribution < -0.4 is 22.9 Å². The van der Waals surface area contributed by atoms with Crippen LogP contribution in [0.15, 0.2) is 22.8 Å². The molecule has 0 atom stereocenters. The van der Waals surface area contributed by atoms with Crippen LogP contribution in [0.25, 0.3) is 0 Å². The smallest absolute Gasteiger partial charge is 0.137 e. The predicted octanol–water partition coefficient (Wildman–Crippen LogP) is -2.38. The van der Waals surface area contributed by atoms with Gasteiger partial charge in [0.1, 0.15) is 6.10 Å². The van der Waals surface area contributed by atoms with Gasteiger partial charge in [0.15, 0.2) is 0 Å². The number of rotatable bonds is 0. The van der Waals surface area contributed by atoms with Gasteiger partial charge in [0.2, 0.25) is 0 Å². The molecule has 0 aromatic rings. The lowest BCUT2D eigenvalue weighted by Crippen LogP contribution is -2.22. The normalized spacial score (nSPS) is 20.9. The number of nitrogens with two attached hydrogens (primary N) is 4. The molecule has 9 N–H and O–H groups in total. The summed E-state index contributed by atoms with van der Waals surface area (Å²) in [5.41, 5.74) is 21.9. The first kappa shape index (κ1) is 6.76. The molecular formula is C5H10N4O. The number of hydrogen-bond acceptors (Lipinski definition) is 5. The summed E-state index contributed by atoms with van der Waals surface area (Å²) in [5.74, 6) is 0. The van der Waals surface area contributed by atoms with Crippen molar-refractivity contribution in [2.45, 2.75) is 6.10 Å². The number of aliphatic hydroxyl groups is 1. The zero-order chi connectivity index (χ0) is 7.89. The van der Waals surface area contributed by atoms with E-state index >= 15 is 0 Å². The van der Waals surface area contributed by atoms with E-state index < -0.39 is 6.10 Å². The van der Waals surface area contributed by atoms with E-state index in [4.69, 9.17) is 28.0 Å². The van der Waals surface area contributed by atoms with Gasteiger partial charge in [-0.05, 0) is 0 Å². The van der Waals surface area contributed by atoms with Crippen LogP contribution in [-0.4, -0.2) is 11.2 Å². The second-order valence-corrected chi connectivity index (χ2v) is 2.14. The van der Waals surface area contributed by atoms with Crippen molar-refractivity contribution in [2.75, 3.05) is 0 Å². The maximum Gasteiger partial charge on any atom is 0.137 e. The van der Waals surface area contributed by atoms with E-state index in [1.165, 1.54) is 0 Å². The van der Waals surface area contributed by atoms with Crippen LogP contribution in [-0.2, 0) is 0 Å². The largest absolute Gasteiger partial charge is 0.398 e. The highest BCUT2D eigenvalue weighted by Crippen LogP contribution is 2.18. The Morgan fingerprint density at radius 3 is 1.30 bits per heavy atom. The Kier molecular flexibility index (Phi) is 1.22. The molecule has 0 spiro atoms. The molecule has 10 heavy (non-hydrogen) atoms. The number of aliphatic hydroxyl groups excluding tert-OH is 1. The molecule has 1 rings (SSSR count). The summed E-state index contributed by atoms with van der Waals surface area (Å²) in [5, 5.41) is 9.08. The van der Waals surface area contributed by atoms with Crippen LogP contribution in [0.4, 0.5) is 0 Å². The van der Waals surface area contributed by atoms with Gasteiger partial charge < -0.3 is 28.0 Å². The number of hydrogen-bond donors (Lipinski definition) is 5. The zero-order valence-corrected chi connectivity index (χ0v) is 5.33. The fourth-order valence-electron chi connectivity index (χ4n) is 0.773. The highest BCUT2D eigenvalue weighted by atomic mass is 16.3. The van der Waals surface area contributed by atoms with Crippen molar-refractivity contribution in [1.82, 2.24) is 0 Å². The van der Waals surface area contributed by atoms with E-state index in [-0.39, 0.29) is 22.8 Å². The van der Waals surface area contributed by atoms with Crippen LogP contribution in [0.1, 0.15) is 0 Å². The van der Waals surface area contributed by atoms with Crippen molar-refractivity contribution >= 4 is 0 Å². The van der Waals surface area contributed by atoms with E-state index in [2.05, 4.69) is 0 Å². The molecule has 0 saturated carbocycles. The fraction of sp³-hybridized carbons (Fsp3) is 0.200. The minimum atomic E-state index is -1.00. The maximum atomic E-state index is 9.08.